The van der Waals surface area contributed by atoms with Crippen molar-refractivity contribution in [2.24, 2.45) is 0 Å². The van der Waals surface area contributed by atoms with E-state index in [0.29, 0.717) is 18.5 Å². The van der Waals surface area contributed by atoms with E-state index in [-0.39, 0.29) is 31.9 Å². The minimum Gasteiger partial charge on any atom is -0.466 e. The lowest BCUT2D eigenvalue weighted by atomic mass is 9.95. The molecule has 0 heterocycles. The van der Waals surface area contributed by atoms with E-state index < -0.39 is 35.7 Å². The summed E-state index contributed by atoms with van der Waals surface area (Å²) >= 11 is 0. The first-order valence-electron chi connectivity index (χ1n) is 16.2. The molecule has 2 rings (SSSR count). The molecular weight excluding hydrogens is 570 g/mol. The Bertz CT molecular complexity index is 1240. The minimum absolute atomic E-state index is 0.0148. The monoisotopic (exact) mass is 623 g/mol. The summed E-state index contributed by atoms with van der Waals surface area (Å²) < 4.78 is 10.6. The Morgan fingerprint density at radius 1 is 0.911 bits per heavy atom. The molecule has 45 heavy (non-hydrogen) atoms. The number of hydrogen-bond donors (Lipinski definition) is 2. The predicted octanol–water partition coefficient (Wildman–Crippen LogP) is 6.35. The topological polar surface area (TPSA) is 114 Å². The van der Waals surface area contributed by atoms with Crippen molar-refractivity contribution in [3.63, 3.8) is 0 Å². The average Bonchev–Trinajstić information content (AvgIpc) is 2.97. The van der Waals surface area contributed by atoms with Gasteiger partial charge in [0.1, 0.15) is 17.7 Å². The first kappa shape index (κ1) is 37.3. The highest BCUT2D eigenvalue weighted by molar-refractivity contribution is 5.92. The standard InChI is InChI=1S/C36H53N3O6/c1-8-10-11-12-16-23-39(34(42)30(25-28-17-14-13-15-18-28)38-35(43)45-36(5,6)7)32(29-24-26(3)19-20-27(29)4)33(41)37-22-21-31(40)44-9-2/h13-15,17-20,24,30,32H,8-12,16,21-23,25H2,1-7H3,(H,37,41)(H,38,43). The van der Waals surface area contributed by atoms with Gasteiger partial charge in [-0.05, 0) is 64.7 Å². The maximum Gasteiger partial charge on any atom is 0.408 e. The van der Waals surface area contributed by atoms with Crippen molar-refractivity contribution >= 4 is 23.9 Å². The van der Waals surface area contributed by atoms with Gasteiger partial charge in [0.15, 0.2) is 0 Å². The molecule has 3 amide bonds. The van der Waals surface area contributed by atoms with Gasteiger partial charge >= 0.3 is 12.1 Å². The minimum atomic E-state index is -0.988. The highest BCUT2D eigenvalue weighted by atomic mass is 16.6. The third kappa shape index (κ3) is 13.3. The lowest BCUT2D eigenvalue weighted by molar-refractivity contribution is -0.144. The first-order valence-corrected chi connectivity index (χ1v) is 16.2. The smallest absolute Gasteiger partial charge is 0.408 e. The molecule has 2 atom stereocenters. The van der Waals surface area contributed by atoms with Crippen LogP contribution in [0.2, 0.25) is 0 Å². The van der Waals surface area contributed by atoms with Crippen LogP contribution < -0.4 is 10.6 Å². The second-order valence-electron chi connectivity index (χ2n) is 12.4. The molecule has 9 heteroatoms. The summed E-state index contributed by atoms with van der Waals surface area (Å²) in [5, 5.41) is 5.69. The Morgan fingerprint density at radius 3 is 2.24 bits per heavy atom. The van der Waals surface area contributed by atoms with Crippen LogP contribution in [0.1, 0.15) is 101 Å². The zero-order valence-electron chi connectivity index (χ0n) is 28.2. The second-order valence-corrected chi connectivity index (χ2v) is 12.4. The number of rotatable bonds is 17. The lowest BCUT2D eigenvalue weighted by Gasteiger charge is -2.35. The van der Waals surface area contributed by atoms with Gasteiger partial charge in [0.05, 0.1) is 13.0 Å². The number of ether oxygens (including phenoxy) is 2. The third-order valence-corrected chi connectivity index (χ3v) is 7.28. The maximum atomic E-state index is 14.7. The Balaban J connectivity index is 2.56. The fraction of sp³-hybridized carbons (Fsp3) is 0.556. The van der Waals surface area contributed by atoms with Crippen molar-refractivity contribution in [3.8, 4) is 0 Å². The van der Waals surface area contributed by atoms with E-state index in [9.17, 15) is 19.2 Å². The molecule has 0 aromatic heterocycles. The van der Waals surface area contributed by atoms with Gasteiger partial charge in [-0.25, -0.2) is 4.79 Å². The Morgan fingerprint density at radius 2 is 1.60 bits per heavy atom. The second kappa shape index (κ2) is 18.8. The molecule has 0 spiro atoms. The van der Waals surface area contributed by atoms with Crippen LogP contribution in [0.5, 0.6) is 0 Å². The molecule has 0 bridgehead atoms. The van der Waals surface area contributed by atoms with Crippen LogP contribution in [0.4, 0.5) is 4.79 Å². The quantitative estimate of drug-likeness (QED) is 0.157. The molecule has 0 fully saturated rings. The summed E-state index contributed by atoms with van der Waals surface area (Å²) in [6.07, 6.45) is 4.28. The normalized spacial score (nSPS) is 12.5. The van der Waals surface area contributed by atoms with Crippen molar-refractivity contribution in [1.29, 1.82) is 0 Å². The molecule has 2 aromatic rings. The van der Waals surface area contributed by atoms with Crippen molar-refractivity contribution < 1.29 is 28.7 Å². The molecule has 2 N–H and O–H groups in total. The largest absolute Gasteiger partial charge is 0.466 e. The molecular formula is C36H53N3O6. The van der Waals surface area contributed by atoms with Crippen molar-refractivity contribution in [2.45, 2.75) is 111 Å². The van der Waals surface area contributed by atoms with E-state index in [1.54, 1.807) is 32.6 Å². The number of nitrogens with one attached hydrogen (secondary N) is 2. The Hall–Kier alpha value is -3.88. The summed E-state index contributed by atoms with van der Waals surface area (Å²) in [6, 6.07) is 13.3. The van der Waals surface area contributed by atoms with Gasteiger partial charge < -0.3 is 25.0 Å². The van der Waals surface area contributed by atoms with Crippen LogP contribution in [0.3, 0.4) is 0 Å². The summed E-state index contributed by atoms with van der Waals surface area (Å²) in [5.41, 5.74) is 2.60. The SMILES string of the molecule is CCCCCCCN(C(=O)C(Cc1ccccc1)NC(=O)OC(C)(C)C)C(C(=O)NCCC(=O)OCC)c1cc(C)ccc1C. The highest BCUT2D eigenvalue weighted by Crippen LogP contribution is 2.28. The van der Waals surface area contributed by atoms with Gasteiger partial charge in [0, 0.05) is 19.5 Å². The maximum absolute atomic E-state index is 14.7. The van der Waals surface area contributed by atoms with E-state index >= 15 is 0 Å². The van der Waals surface area contributed by atoms with Crippen molar-refractivity contribution in [2.75, 3.05) is 19.7 Å². The molecule has 248 valence electrons. The van der Waals surface area contributed by atoms with E-state index in [0.717, 1.165) is 42.4 Å². The van der Waals surface area contributed by atoms with Crippen molar-refractivity contribution in [3.05, 3.63) is 70.8 Å². The van der Waals surface area contributed by atoms with Gasteiger partial charge in [-0.1, -0.05) is 86.7 Å². The zero-order chi connectivity index (χ0) is 33.4. The zero-order valence-corrected chi connectivity index (χ0v) is 28.2. The molecule has 0 radical (unpaired) electrons. The molecule has 0 aliphatic heterocycles. The van der Waals surface area contributed by atoms with Gasteiger partial charge in [-0.2, -0.15) is 0 Å². The van der Waals surface area contributed by atoms with E-state index in [2.05, 4.69) is 17.6 Å². The van der Waals surface area contributed by atoms with Gasteiger partial charge in [0.2, 0.25) is 11.8 Å². The number of aryl methyl sites for hydroxylation is 2. The highest BCUT2D eigenvalue weighted by Gasteiger charge is 2.37. The molecule has 9 nitrogen and oxygen atoms in total. The van der Waals surface area contributed by atoms with E-state index in [1.165, 1.54) is 0 Å². The summed E-state index contributed by atoms with van der Waals surface area (Å²) in [7, 11) is 0. The van der Waals surface area contributed by atoms with Crippen molar-refractivity contribution in [1.82, 2.24) is 15.5 Å². The molecule has 2 unspecified atom stereocenters. The number of amides is 3. The number of esters is 1. The lowest BCUT2D eigenvalue weighted by Crippen LogP contribution is -2.54. The first-order chi connectivity index (χ1) is 21.4. The molecule has 0 aliphatic carbocycles. The number of carbonyl (C=O) groups excluding carboxylic acids is 4. The van der Waals surface area contributed by atoms with Crippen LogP contribution in [0, 0.1) is 13.8 Å². The molecule has 0 saturated heterocycles. The van der Waals surface area contributed by atoms with Gasteiger partial charge in [-0.15, -0.1) is 0 Å². The van der Waals surface area contributed by atoms with E-state index in [1.807, 2.05) is 62.4 Å². The number of carbonyl (C=O) groups is 4. The predicted molar refractivity (Wildman–Crippen MR) is 177 cm³/mol. The van der Waals surface area contributed by atoms with Crippen LogP contribution in [0.15, 0.2) is 48.5 Å². The number of hydrogen-bond acceptors (Lipinski definition) is 6. The third-order valence-electron chi connectivity index (χ3n) is 7.28. The number of alkyl carbamates (subject to hydrolysis) is 1. The van der Waals surface area contributed by atoms with Crippen LogP contribution in [0.25, 0.3) is 0 Å². The average molecular weight is 624 g/mol. The number of nitrogens with zero attached hydrogens (tertiary/aromatic N) is 1. The van der Waals surface area contributed by atoms with Gasteiger partial charge in [-0.3, -0.25) is 14.4 Å². The van der Waals surface area contributed by atoms with E-state index in [4.69, 9.17) is 9.47 Å². The fourth-order valence-corrected chi connectivity index (χ4v) is 5.07. The van der Waals surface area contributed by atoms with Crippen LogP contribution in [-0.2, 0) is 30.3 Å². The van der Waals surface area contributed by atoms with Crippen LogP contribution in [-0.4, -0.2) is 60.1 Å². The number of unbranched alkanes of at least 4 members (excludes halogenated alkanes) is 4. The molecule has 2 aromatic carbocycles. The fourth-order valence-electron chi connectivity index (χ4n) is 5.07. The summed E-state index contributed by atoms with van der Waals surface area (Å²) in [5.74, 6) is -1.19. The Labute approximate surface area is 269 Å². The molecule has 0 saturated carbocycles. The molecule has 0 aliphatic rings. The number of benzene rings is 2. The summed E-state index contributed by atoms with van der Waals surface area (Å²) in [4.78, 5) is 55.3. The summed E-state index contributed by atoms with van der Waals surface area (Å²) in [6.45, 7) is 13.7. The van der Waals surface area contributed by atoms with Gasteiger partial charge in [0.25, 0.3) is 0 Å². The Kier molecular flexibility index (Phi) is 15.6. The van der Waals surface area contributed by atoms with Crippen LogP contribution >= 0.6 is 0 Å².